The zero-order chi connectivity index (χ0) is 10.8. The molecular weight excluding hydrogens is 188 g/mol. The molecule has 0 aliphatic heterocycles. The van der Waals surface area contributed by atoms with Gasteiger partial charge < -0.3 is 10.3 Å². The molecule has 0 bridgehead atoms. The number of hydrogen-bond acceptors (Lipinski definition) is 3. The maximum Gasteiger partial charge on any atom is 0.143 e. The highest BCUT2D eigenvalue weighted by molar-refractivity contribution is 5.69. The third-order valence-corrected chi connectivity index (χ3v) is 2.35. The van der Waals surface area contributed by atoms with Crippen LogP contribution in [-0.4, -0.2) is 14.5 Å². The van der Waals surface area contributed by atoms with Gasteiger partial charge in [-0.1, -0.05) is 0 Å². The Hall–Kier alpha value is -1.84. The van der Waals surface area contributed by atoms with Crippen molar-refractivity contribution < 1.29 is 0 Å². The zero-order valence-corrected chi connectivity index (χ0v) is 8.94. The highest BCUT2D eigenvalue weighted by Crippen LogP contribution is 2.23. The molecule has 0 aromatic carbocycles. The van der Waals surface area contributed by atoms with E-state index >= 15 is 0 Å². The molecule has 2 aromatic heterocycles. The Kier molecular flexibility index (Phi) is 2.41. The number of nitrogen functional groups attached to an aromatic ring is 1. The SMILES string of the molecule is CCn1ccnc1-c1cc(C)cnc1N. The number of imidazole rings is 1. The smallest absolute Gasteiger partial charge is 0.143 e. The molecule has 4 nitrogen and oxygen atoms in total. The quantitative estimate of drug-likeness (QED) is 0.808. The molecule has 2 aromatic rings. The van der Waals surface area contributed by atoms with E-state index in [0.29, 0.717) is 5.82 Å². The van der Waals surface area contributed by atoms with Crippen molar-refractivity contribution in [3.05, 3.63) is 30.2 Å². The normalized spacial score (nSPS) is 10.5. The van der Waals surface area contributed by atoms with Crippen LogP contribution in [0.1, 0.15) is 12.5 Å². The van der Waals surface area contributed by atoms with Crippen LogP contribution in [0.2, 0.25) is 0 Å². The van der Waals surface area contributed by atoms with Crippen LogP contribution in [0.15, 0.2) is 24.7 Å². The fraction of sp³-hybridized carbons (Fsp3) is 0.273. The Morgan fingerprint density at radius 3 is 2.93 bits per heavy atom. The summed E-state index contributed by atoms with van der Waals surface area (Å²) in [6.07, 6.45) is 5.48. The minimum absolute atomic E-state index is 0.529. The monoisotopic (exact) mass is 202 g/mol. The number of rotatable bonds is 2. The van der Waals surface area contributed by atoms with Gasteiger partial charge in [0.05, 0.1) is 5.56 Å². The first-order valence-electron chi connectivity index (χ1n) is 4.96. The van der Waals surface area contributed by atoms with Crippen molar-refractivity contribution in [2.45, 2.75) is 20.4 Å². The molecule has 0 atom stereocenters. The summed E-state index contributed by atoms with van der Waals surface area (Å²) < 4.78 is 2.05. The Labute approximate surface area is 88.8 Å². The van der Waals surface area contributed by atoms with E-state index in [9.17, 15) is 0 Å². The topological polar surface area (TPSA) is 56.7 Å². The summed E-state index contributed by atoms with van der Waals surface area (Å²) in [5, 5.41) is 0. The van der Waals surface area contributed by atoms with Gasteiger partial charge in [-0.2, -0.15) is 0 Å². The van der Waals surface area contributed by atoms with Crippen LogP contribution >= 0.6 is 0 Å². The molecule has 0 amide bonds. The van der Waals surface area contributed by atoms with E-state index in [4.69, 9.17) is 5.73 Å². The van der Waals surface area contributed by atoms with E-state index in [2.05, 4.69) is 16.9 Å². The first-order chi connectivity index (χ1) is 7.22. The van der Waals surface area contributed by atoms with Gasteiger partial charge in [0.2, 0.25) is 0 Å². The summed E-state index contributed by atoms with van der Waals surface area (Å²) in [5.41, 5.74) is 7.83. The van der Waals surface area contributed by atoms with Crippen LogP contribution < -0.4 is 5.73 Å². The summed E-state index contributed by atoms with van der Waals surface area (Å²) in [4.78, 5) is 8.44. The van der Waals surface area contributed by atoms with E-state index in [1.807, 2.05) is 23.8 Å². The van der Waals surface area contributed by atoms with Crippen molar-refractivity contribution >= 4 is 5.82 Å². The summed E-state index contributed by atoms with van der Waals surface area (Å²) in [7, 11) is 0. The zero-order valence-electron chi connectivity index (χ0n) is 8.94. The Morgan fingerprint density at radius 1 is 1.40 bits per heavy atom. The summed E-state index contributed by atoms with van der Waals surface area (Å²) in [6.45, 7) is 4.95. The van der Waals surface area contributed by atoms with Crippen LogP contribution in [0, 0.1) is 6.92 Å². The van der Waals surface area contributed by atoms with Gasteiger partial charge >= 0.3 is 0 Å². The van der Waals surface area contributed by atoms with E-state index < -0.39 is 0 Å². The number of aromatic nitrogens is 3. The van der Waals surface area contributed by atoms with Crippen molar-refractivity contribution in [2.75, 3.05) is 5.73 Å². The van der Waals surface area contributed by atoms with Gasteiger partial charge in [-0.25, -0.2) is 9.97 Å². The maximum absolute atomic E-state index is 5.84. The minimum Gasteiger partial charge on any atom is -0.383 e. The summed E-state index contributed by atoms with van der Waals surface area (Å²) in [6, 6.07) is 2.01. The van der Waals surface area contributed by atoms with E-state index in [1.54, 1.807) is 12.4 Å². The van der Waals surface area contributed by atoms with Crippen molar-refractivity contribution in [3.63, 3.8) is 0 Å². The van der Waals surface area contributed by atoms with Crippen molar-refractivity contribution in [3.8, 4) is 11.4 Å². The first-order valence-corrected chi connectivity index (χ1v) is 4.96. The highest BCUT2D eigenvalue weighted by atomic mass is 15.1. The van der Waals surface area contributed by atoms with Crippen LogP contribution in [0.4, 0.5) is 5.82 Å². The molecule has 2 N–H and O–H groups in total. The van der Waals surface area contributed by atoms with Crippen LogP contribution in [0.3, 0.4) is 0 Å². The predicted octanol–water partition coefficient (Wildman–Crippen LogP) is 1.86. The molecule has 0 saturated heterocycles. The van der Waals surface area contributed by atoms with Gasteiger partial charge in [-0.15, -0.1) is 0 Å². The van der Waals surface area contributed by atoms with Crippen molar-refractivity contribution in [2.24, 2.45) is 0 Å². The van der Waals surface area contributed by atoms with E-state index in [-0.39, 0.29) is 0 Å². The van der Waals surface area contributed by atoms with Gasteiger partial charge in [0.25, 0.3) is 0 Å². The molecule has 0 unspecified atom stereocenters. The van der Waals surface area contributed by atoms with Crippen LogP contribution in [0.25, 0.3) is 11.4 Å². The Morgan fingerprint density at radius 2 is 2.20 bits per heavy atom. The molecule has 0 saturated carbocycles. The molecule has 15 heavy (non-hydrogen) atoms. The summed E-state index contributed by atoms with van der Waals surface area (Å²) in [5.74, 6) is 1.41. The van der Waals surface area contributed by atoms with E-state index in [0.717, 1.165) is 23.5 Å². The molecule has 0 radical (unpaired) electrons. The average molecular weight is 202 g/mol. The second-order valence-corrected chi connectivity index (χ2v) is 3.48. The van der Waals surface area contributed by atoms with Gasteiger partial charge in [-0.05, 0) is 25.5 Å². The molecule has 78 valence electrons. The average Bonchev–Trinajstić information content (AvgIpc) is 2.69. The van der Waals surface area contributed by atoms with Gasteiger partial charge in [0, 0.05) is 25.1 Å². The molecule has 0 aliphatic rings. The Balaban J connectivity index is 2.58. The minimum atomic E-state index is 0.529. The van der Waals surface area contributed by atoms with Gasteiger partial charge in [-0.3, -0.25) is 0 Å². The molecule has 2 heterocycles. The number of nitrogens with two attached hydrogens (primary N) is 1. The highest BCUT2D eigenvalue weighted by Gasteiger charge is 2.09. The molecule has 0 aliphatic carbocycles. The largest absolute Gasteiger partial charge is 0.383 e. The lowest BCUT2D eigenvalue weighted by Gasteiger charge is -2.07. The Bertz CT molecular complexity index is 473. The van der Waals surface area contributed by atoms with Crippen LogP contribution in [0.5, 0.6) is 0 Å². The number of nitrogens with zero attached hydrogens (tertiary/aromatic N) is 3. The molecule has 0 spiro atoms. The second kappa shape index (κ2) is 3.73. The van der Waals surface area contributed by atoms with Crippen molar-refractivity contribution in [1.29, 1.82) is 0 Å². The lowest BCUT2D eigenvalue weighted by Crippen LogP contribution is -2.01. The second-order valence-electron chi connectivity index (χ2n) is 3.48. The molecular formula is C11H14N4. The standard InChI is InChI=1S/C11H14N4/c1-3-15-5-4-13-11(15)9-6-8(2)7-14-10(9)12/h4-7H,3H2,1-2H3,(H2,12,14). The number of hydrogen-bond donors (Lipinski definition) is 1. The first kappa shape index (κ1) is 9.71. The maximum atomic E-state index is 5.84. The van der Waals surface area contributed by atoms with Crippen LogP contribution in [-0.2, 0) is 6.54 Å². The fourth-order valence-electron chi connectivity index (χ4n) is 1.57. The van der Waals surface area contributed by atoms with Gasteiger partial charge in [0.15, 0.2) is 0 Å². The molecule has 2 rings (SSSR count). The fourth-order valence-corrected chi connectivity index (χ4v) is 1.57. The number of pyridine rings is 1. The predicted molar refractivity (Wildman–Crippen MR) is 60.3 cm³/mol. The lowest BCUT2D eigenvalue weighted by molar-refractivity contribution is 0.770. The summed E-state index contributed by atoms with van der Waals surface area (Å²) >= 11 is 0. The molecule has 0 fully saturated rings. The third-order valence-electron chi connectivity index (χ3n) is 2.35. The van der Waals surface area contributed by atoms with E-state index in [1.165, 1.54) is 0 Å². The molecule has 4 heteroatoms. The lowest BCUT2D eigenvalue weighted by atomic mass is 10.2. The number of aryl methyl sites for hydroxylation is 2. The number of anilines is 1. The third kappa shape index (κ3) is 1.70. The van der Waals surface area contributed by atoms with Crippen molar-refractivity contribution in [1.82, 2.24) is 14.5 Å². The van der Waals surface area contributed by atoms with Gasteiger partial charge in [0.1, 0.15) is 11.6 Å².